The smallest absolute Gasteiger partial charge is 0.343 e. The number of Topliss-reactive ketones (excluding diaryl/α,β-unsaturated/α-hetero) is 1. The molecule has 0 fully saturated rings. The fraction of sp³-hybridized carbons (Fsp3) is 0.0400. The quantitative estimate of drug-likeness (QED) is 0.207. The highest BCUT2D eigenvalue weighted by molar-refractivity contribution is 6.53. The largest absolute Gasteiger partial charge is 0.423 e. The van der Waals surface area contributed by atoms with Gasteiger partial charge in [0.2, 0.25) is 0 Å². The van der Waals surface area contributed by atoms with E-state index in [4.69, 9.17) is 27.9 Å². The number of amides is 2. The topological polar surface area (TPSA) is 92.8 Å². The second kappa shape index (κ2) is 9.69. The van der Waals surface area contributed by atoms with Gasteiger partial charge in [0.05, 0.1) is 16.3 Å². The molecule has 7 nitrogen and oxygen atoms in total. The number of hydrogen-bond acceptors (Lipinski definition) is 6. The van der Waals surface area contributed by atoms with Crippen LogP contribution in [-0.4, -0.2) is 23.6 Å². The molecule has 0 radical (unpaired) electrons. The summed E-state index contributed by atoms with van der Waals surface area (Å²) >= 11 is 11.9. The van der Waals surface area contributed by atoms with Crippen LogP contribution in [0.25, 0.3) is 0 Å². The summed E-state index contributed by atoms with van der Waals surface area (Å²) in [6.07, 6.45) is 0. The summed E-state index contributed by atoms with van der Waals surface area (Å²) in [5.74, 6) is -2.70. The molecule has 0 aromatic heterocycles. The van der Waals surface area contributed by atoms with Crippen molar-refractivity contribution in [3.8, 4) is 5.75 Å². The molecule has 3 aromatic carbocycles. The number of carbonyl (C=O) groups excluding carboxylic acids is 4. The maximum Gasteiger partial charge on any atom is 0.343 e. The van der Waals surface area contributed by atoms with Crippen LogP contribution in [0.4, 0.5) is 15.8 Å². The van der Waals surface area contributed by atoms with Crippen molar-refractivity contribution >= 4 is 58.1 Å². The number of nitrogens with zero attached hydrogens (tertiary/aromatic N) is 1. The van der Waals surface area contributed by atoms with E-state index in [0.29, 0.717) is 11.3 Å². The van der Waals surface area contributed by atoms with Gasteiger partial charge >= 0.3 is 5.97 Å². The molecular weight excluding hydrogens is 498 g/mol. The normalized spacial score (nSPS) is 13.3. The number of rotatable bonds is 6. The van der Waals surface area contributed by atoms with Gasteiger partial charge in [-0.05, 0) is 73.7 Å². The Kier molecular flexibility index (Phi) is 6.68. The Hall–Kier alpha value is -4.01. The molecule has 0 aliphatic carbocycles. The molecule has 35 heavy (non-hydrogen) atoms. The number of halogens is 3. The average molecular weight is 513 g/mol. The van der Waals surface area contributed by atoms with Crippen molar-refractivity contribution in [2.75, 3.05) is 10.2 Å². The number of anilines is 2. The molecule has 0 saturated heterocycles. The molecule has 1 N–H and O–H groups in total. The minimum Gasteiger partial charge on any atom is -0.423 e. The number of carbonyl (C=O) groups is 4. The van der Waals surface area contributed by atoms with E-state index in [-0.39, 0.29) is 38.5 Å². The van der Waals surface area contributed by atoms with Crippen LogP contribution in [0.5, 0.6) is 5.75 Å². The van der Waals surface area contributed by atoms with Crippen LogP contribution in [0.2, 0.25) is 5.02 Å². The van der Waals surface area contributed by atoms with E-state index in [9.17, 15) is 23.6 Å². The van der Waals surface area contributed by atoms with Gasteiger partial charge < -0.3 is 10.1 Å². The van der Waals surface area contributed by atoms with Gasteiger partial charge in [-0.1, -0.05) is 23.2 Å². The Labute approximate surface area is 208 Å². The van der Waals surface area contributed by atoms with Crippen LogP contribution in [0.3, 0.4) is 0 Å². The zero-order chi connectivity index (χ0) is 25.3. The zero-order valence-corrected chi connectivity index (χ0v) is 19.5. The van der Waals surface area contributed by atoms with Gasteiger partial charge in [-0.25, -0.2) is 14.1 Å². The summed E-state index contributed by atoms with van der Waals surface area (Å²) in [5, 5.41) is 2.17. The first-order valence-corrected chi connectivity index (χ1v) is 10.8. The molecule has 1 aliphatic rings. The van der Waals surface area contributed by atoms with Crippen molar-refractivity contribution in [3.63, 3.8) is 0 Å². The number of hydrogen-bond donors (Lipinski definition) is 1. The molecule has 0 saturated carbocycles. The molecule has 1 aliphatic heterocycles. The van der Waals surface area contributed by atoms with Gasteiger partial charge in [-0.2, -0.15) is 0 Å². The van der Waals surface area contributed by atoms with Gasteiger partial charge in [-0.3, -0.25) is 14.4 Å². The molecule has 176 valence electrons. The highest BCUT2D eigenvalue weighted by Crippen LogP contribution is 2.32. The van der Waals surface area contributed by atoms with E-state index < -0.39 is 23.6 Å². The number of ketones is 1. The van der Waals surface area contributed by atoms with Crippen LogP contribution < -0.4 is 15.0 Å². The summed E-state index contributed by atoms with van der Waals surface area (Å²) in [7, 11) is 0. The van der Waals surface area contributed by atoms with Crippen LogP contribution in [0, 0.1) is 5.82 Å². The zero-order valence-electron chi connectivity index (χ0n) is 18.0. The summed E-state index contributed by atoms with van der Waals surface area (Å²) in [5.41, 5.74) is 0.978. The molecule has 10 heteroatoms. The van der Waals surface area contributed by atoms with Crippen LogP contribution in [-0.2, 0) is 9.59 Å². The van der Waals surface area contributed by atoms with Crippen molar-refractivity contribution in [2.45, 2.75) is 6.92 Å². The Morgan fingerprint density at radius 2 is 1.51 bits per heavy atom. The molecule has 4 rings (SSSR count). The van der Waals surface area contributed by atoms with Crippen molar-refractivity contribution in [2.24, 2.45) is 0 Å². The summed E-state index contributed by atoms with van der Waals surface area (Å²) in [6, 6.07) is 15.5. The number of nitrogens with one attached hydrogen (secondary N) is 1. The fourth-order valence-corrected chi connectivity index (χ4v) is 3.61. The lowest BCUT2D eigenvalue weighted by Crippen LogP contribution is -2.32. The van der Waals surface area contributed by atoms with E-state index in [1.807, 2.05) is 0 Å². The maximum absolute atomic E-state index is 13.5. The maximum atomic E-state index is 13.5. The molecule has 0 spiro atoms. The molecule has 0 bridgehead atoms. The number of esters is 1. The molecule has 0 atom stereocenters. The third-order valence-corrected chi connectivity index (χ3v) is 5.69. The standard InChI is InChI=1S/C25H15Cl2FN2O5/c1-13(31)14-4-9-18(10-5-14)35-25(34)15-2-6-16(7-3-15)29-22-21(27)23(32)30(24(22)33)17-8-11-20(28)19(26)12-17/h2-12,29H,1H3. The van der Waals surface area contributed by atoms with Gasteiger partial charge in [-0.15, -0.1) is 0 Å². The van der Waals surface area contributed by atoms with E-state index in [1.165, 1.54) is 49.4 Å². The highest BCUT2D eigenvalue weighted by atomic mass is 35.5. The van der Waals surface area contributed by atoms with E-state index >= 15 is 0 Å². The van der Waals surface area contributed by atoms with Crippen LogP contribution in [0.1, 0.15) is 27.6 Å². The number of ether oxygens (including phenoxy) is 1. The first kappa shape index (κ1) is 24.1. The molecule has 1 heterocycles. The Bertz CT molecular complexity index is 1400. The third kappa shape index (κ3) is 4.94. The minimum absolute atomic E-state index is 0.0655. The van der Waals surface area contributed by atoms with E-state index in [0.717, 1.165) is 17.0 Å². The van der Waals surface area contributed by atoms with Gasteiger partial charge in [0.25, 0.3) is 11.8 Å². The predicted octanol–water partition coefficient (Wildman–Crippen LogP) is 5.34. The van der Waals surface area contributed by atoms with Gasteiger partial charge in [0.1, 0.15) is 22.3 Å². The van der Waals surface area contributed by atoms with Crippen LogP contribution >= 0.6 is 23.2 Å². The van der Waals surface area contributed by atoms with Gasteiger partial charge in [0.15, 0.2) is 5.78 Å². The first-order chi connectivity index (χ1) is 16.7. The number of benzene rings is 3. The first-order valence-electron chi connectivity index (χ1n) is 10.1. The molecular formula is C25H15Cl2FN2O5. The fourth-order valence-electron chi connectivity index (χ4n) is 3.23. The highest BCUT2D eigenvalue weighted by Gasteiger charge is 2.39. The minimum atomic E-state index is -0.794. The SMILES string of the molecule is CC(=O)c1ccc(OC(=O)c2ccc(NC3=C(Cl)C(=O)N(c4ccc(F)c(Cl)c4)C3=O)cc2)cc1. The monoisotopic (exact) mass is 512 g/mol. The van der Waals surface area contributed by atoms with Crippen molar-refractivity contribution in [3.05, 3.63) is 99.4 Å². The average Bonchev–Trinajstić information content (AvgIpc) is 3.04. The number of imide groups is 1. The Balaban J connectivity index is 1.46. The summed E-state index contributed by atoms with van der Waals surface area (Å²) in [6.45, 7) is 1.44. The summed E-state index contributed by atoms with van der Waals surface area (Å²) in [4.78, 5) is 49.9. The van der Waals surface area contributed by atoms with Crippen LogP contribution in [0.15, 0.2) is 77.5 Å². The second-order valence-electron chi connectivity index (χ2n) is 7.41. The van der Waals surface area contributed by atoms with Crippen molar-refractivity contribution < 1.29 is 28.3 Å². The molecule has 0 unspecified atom stereocenters. The lowest BCUT2D eigenvalue weighted by atomic mass is 10.1. The van der Waals surface area contributed by atoms with E-state index in [2.05, 4.69) is 5.32 Å². The third-order valence-electron chi connectivity index (χ3n) is 5.05. The van der Waals surface area contributed by atoms with Crippen molar-refractivity contribution in [1.82, 2.24) is 0 Å². The predicted molar refractivity (Wildman–Crippen MR) is 128 cm³/mol. The summed E-state index contributed by atoms with van der Waals surface area (Å²) < 4.78 is 18.8. The van der Waals surface area contributed by atoms with E-state index in [1.54, 1.807) is 12.1 Å². The van der Waals surface area contributed by atoms with Gasteiger partial charge in [0, 0.05) is 11.3 Å². The Morgan fingerprint density at radius 1 is 0.886 bits per heavy atom. The molecule has 2 amide bonds. The lowest BCUT2D eigenvalue weighted by Gasteiger charge is -2.15. The van der Waals surface area contributed by atoms with Crippen molar-refractivity contribution in [1.29, 1.82) is 0 Å². The Morgan fingerprint density at radius 3 is 2.11 bits per heavy atom. The second-order valence-corrected chi connectivity index (χ2v) is 8.19. The molecule has 3 aromatic rings. The lowest BCUT2D eigenvalue weighted by molar-refractivity contribution is -0.120.